The Morgan fingerprint density at radius 2 is 2.00 bits per heavy atom. The van der Waals surface area contributed by atoms with Crippen molar-refractivity contribution in [3.05, 3.63) is 38.4 Å². The summed E-state index contributed by atoms with van der Waals surface area (Å²) in [7, 11) is 0. The number of halogens is 1. The van der Waals surface area contributed by atoms with E-state index in [1.54, 1.807) is 11.3 Å². The van der Waals surface area contributed by atoms with E-state index in [1.807, 2.05) is 12.4 Å². The van der Waals surface area contributed by atoms with Crippen LogP contribution in [0, 0.1) is 9.49 Å². The van der Waals surface area contributed by atoms with Crippen molar-refractivity contribution in [2.75, 3.05) is 5.32 Å². The maximum Gasteiger partial charge on any atom is 0.223 e. The summed E-state index contributed by atoms with van der Waals surface area (Å²) in [6.07, 6.45) is 3.64. The zero-order valence-corrected chi connectivity index (χ0v) is 12.7. The normalized spacial score (nSPS) is 12.7. The molecule has 2 rings (SSSR count). The molecule has 0 aliphatic heterocycles. The minimum Gasteiger partial charge on any atom is -0.346 e. The molecular formula is C12H14IN3S. The lowest BCUT2D eigenvalue weighted by atomic mass is 10.0. The van der Waals surface area contributed by atoms with Crippen LogP contribution >= 0.6 is 33.9 Å². The summed E-state index contributed by atoms with van der Waals surface area (Å²) in [6.45, 7) is 4.40. The van der Waals surface area contributed by atoms with Gasteiger partial charge in [0.1, 0.15) is 0 Å². The molecule has 17 heavy (non-hydrogen) atoms. The molecule has 0 amide bonds. The van der Waals surface area contributed by atoms with Crippen LogP contribution < -0.4 is 5.32 Å². The van der Waals surface area contributed by atoms with Gasteiger partial charge in [-0.1, -0.05) is 19.9 Å². The molecule has 0 aliphatic carbocycles. The summed E-state index contributed by atoms with van der Waals surface area (Å²) >= 11 is 3.97. The standard InChI is InChI=1S/C12H14IN3S/c1-8(2)11(10-4-3-5-17-10)16-12-14-6-9(13)7-15-12/h3-8,11H,1-2H3,(H,14,15,16). The summed E-state index contributed by atoms with van der Waals surface area (Å²) < 4.78 is 1.05. The van der Waals surface area contributed by atoms with Crippen LogP contribution in [0.4, 0.5) is 5.95 Å². The molecule has 1 atom stereocenters. The fraction of sp³-hybridized carbons (Fsp3) is 0.333. The summed E-state index contributed by atoms with van der Waals surface area (Å²) in [4.78, 5) is 9.89. The van der Waals surface area contributed by atoms with E-state index in [-0.39, 0.29) is 6.04 Å². The van der Waals surface area contributed by atoms with Gasteiger partial charge in [-0.15, -0.1) is 11.3 Å². The van der Waals surface area contributed by atoms with Crippen molar-refractivity contribution in [3.63, 3.8) is 0 Å². The van der Waals surface area contributed by atoms with E-state index in [9.17, 15) is 0 Å². The number of rotatable bonds is 4. The Labute approximate surface area is 119 Å². The molecule has 1 unspecified atom stereocenters. The van der Waals surface area contributed by atoms with Gasteiger partial charge in [0, 0.05) is 20.8 Å². The Balaban J connectivity index is 2.16. The molecular weight excluding hydrogens is 345 g/mol. The van der Waals surface area contributed by atoms with Crippen molar-refractivity contribution in [2.45, 2.75) is 19.9 Å². The van der Waals surface area contributed by atoms with Gasteiger partial charge in [0.15, 0.2) is 0 Å². The second-order valence-electron chi connectivity index (χ2n) is 4.11. The summed E-state index contributed by atoms with van der Waals surface area (Å²) in [6, 6.07) is 4.50. The average Bonchev–Trinajstić information content (AvgIpc) is 2.81. The monoisotopic (exact) mass is 359 g/mol. The molecule has 0 aliphatic rings. The van der Waals surface area contributed by atoms with E-state index in [0.29, 0.717) is 11.9 Å². The number of anilines is 1. The molecule has 0 saturated heterocycles. The fourth-order valence-corrected chi connectivity index (χ4v) is 2.79. The average molecular weight is 359 g/mol. The molecule has 3 nitrogen and oxygen atoms in total. The molecule has 2 aromatic heterocycles. The highest BCUT2D eigenvalue weighted by molar-refractivity contribution is 14.1. The van der Waals surface area contributed by atoms with Crippen molar-refractivity contribution < 1.29 is 0 Å². The van der Waals surface area contributed by atoms with E-state index in [1.165, 1.54) is 4.88 Å². The molecule has 90 valence electrons. The molecule has 2 heterocycles. The molecule has 0 spiro atoms. The Morgan fingerprint density at radius 3 is 2.53 bits per heavy atom. The van der Waals surface area contributed by atoms with E-state index >= 15 is 0 Å². The van der Waals surface area contributed by atoms with E-state index < -0.39 is 0 Å². The first kappa shape index (κ1) is 12.8. The van der Waals surface area contributed by atoms with Crippen LogP contribution in [0.15, 0.2) is 29.9 Å². The van der Waals surface area contributed by atoms with Gasteiger partial charge < -0.3 is 5.32 Å². The number of nitrogens with zero attached hydrogens (tertiary/aromatic N) is 2. The minimum absolute atomic E-state index is 0.273. The van der Waals surface area contributed by atoms with Crippen LogP contribution in [-0.4, -0.2) is 9.97 Å². The van der Waals surface area contributed by atoms with Crippen LogP contribution in [0.1, 0.15) is 24.8 Å². The number of nitrogens with one attached hydrogen (secondary N) is 1. The summed E-state index contributed by atoms with van der Waals surface area (Å²) in [5.74, 6) is 1.19. The molecule has 0 aromatic carbocycles. The molecule has 0 fully saturated rings. The third kappa shape index (κ3) is 3.38. The molecule has 0 saturated carbocycles. The number of aromatic nitrogens is 2. The highest BCUT2D eigenvalue weighted by atomic mass is 127. The zero-order valence-electron chi connectivity index (χ0n) is 9.72. The lowest BCUT2D eigenvalue weighted by Crippen LogP contribution is -2.17. The van der Waals surface area contributed by atoms with Crippen molar-refractivity contribution in [2.24, 2.45) is 5.92 Å². The van der Waals surface area contributed by atoms with Crippen molar-refractivity contribution in [1.29, 1.82) is 0 Å². The molecule has 1 N–H and O–H groups in total. The van der Waals surface area contributed by atoms with Gasteiger partial charge in [-0.05, 0) is 40.0 Å². The van der Waals surface area contributed by atoms with Crippen molar-refractivity contribution in [3.8, 4) is 0 Å². The predicted molar refractivity (Wildman–Crippen MR) is 80.3 cm³/mol. The number of hydrogen-bond donors (Lipinski definition) is 1. The van der Waals surface area contributed by atoms with Gasteiger partial charge in [-0.2, -0.15) is 0 Å². The first-order valence-corrected chi connectivity index (χ1v) is 7.40. The van der Waals surface area contributed by atoms with Crippen molar-refractivity contribution >= 4 is 39.9 Å². The molecule has 2 aromatic rings. The molecule has 0 radical (unpaired) electrons. The minimum atomic E-state index is 0.273. The Hall–Kier alpha value is -0.690. The predicted octanol–water partition coefficient (Wildman–Crippen LogP) is 3.95. The zero-order chi connectivity index (χ0) is 12.3. The first-order valence-electron chi connectivity index (χ1n) is 5.44. The second-order valence-corrected chi connectivity index (χ2v) is 6.33. The van der Waals surface area contributed by atoms with E-state index in [4.69, 9.17) is 0 Å². The van der Waals surface area contributed by atoms with Gasteiger partial charge in [-0.3, -0.25) is 0 Å². The highest BCUT2D eigenvalue weighted by Gasteiger charge is 2.17. The second kappa shape index (κ2) is 5.77. The topological polar surface area (TPSA) is 37.8 Å². The van der Waals surface area contributed by atoms with Crippen LogP contribution in [-0.2, 0) is 0 Å². The lowest BCUT2D eigenvalue weighted by Gasteiger charge is -2.21. The number of thiophene rings is 1. The Bertz CT molecular complexity index is 453. The van der Waals surface area contributed by atoms with Crippen LogP contribution in [0.25, 0.3) is 0 Å². The molecule has 5 heteroatoms. The quantitative estimate of drug-likeness (QED) is 0.840. The third-order valence-corrected chi connectivity index (χ3v) is 3.93. The summed E-state index contributed by atoms with van der Waals surface area (Å²) in [5.41, 5.74) is 0. The van der Waals surface area contributed by atoms with Crippen LogP contribution in [0.5, 0.6) is 0 Å². The third-order valence-electron chi connectivity index (χ3n) is 2.42. The van der Waals surface area contributed by atoms with Gasteiger partial charge in [0.25, 0.3) is 0 Å². The van der Waals surface area contributed by atoms with Gasteiger partial charge in [0.05, 0.1) is 6.04 Å². The van der Waals surface area contributed by atoms with E-state index in [2.05, 4.69) is 69.2 Å². The number of hydrogen-bond acceptors (Lipinski definition) is 4. The van der Waals surface area contributed by atoms with Gasteiger partial charge in [0.2, 0.25) is 5.95 Å². The van der Waals surface area contributed by atoms with Gasteiger partial charge in [-0.25, -0.2) is 9.97 Å². The smallest absolute Gasteiger partial charge is 0.223 e. The maximum atomic E-state index is 4.29. The van der Waals surface area contributed by atoms with Gasteiger partial charge >= 0.3 is 0 Å². The van der Waals surface area contributed by atoms with Crippen LogP contribution in [0.3, 0.4) is 0 Å². The van der Waals surface area contributed by atoms with Crippen molar-refractivity contribution in [1.82, 2.24) is 9.97 Å². The maximum absolute atomic E-state index is 4.29. The molecule has 0 bridgehead atoms. The first-order chi connectivity index (χ1) is 8.16. The lowest BCUT2D eigenvalue weighted by molar-refractivity contribution is 0.550. The highest BCUT2D eigenvalue weighted by Crippen LogP contribution is 2.28. The SMILES string of the molecule is CC(C)C(Nc1ncc(I)cn1)c1cccs1. The van der Waals surface area contributed by atoms with Crippen LogP contribution in [0.2, 0.25) is 0 Å². The Kier molecular flexibility index (Phi) is 4.33. The Morgan fingerprint density at radius 1 is 1.29 bits per heavy atom. The largest absolute Gasteiger partial charge is 0.346 e. The van der Waals surface area contributed by atoms with E-state index in [0.717, 1.165) is 3.57 Å². The fourth-order valence-electron chi connectivity index (χ4n) is 1.56. The summed E-state index contributed by atoms with van der Waals surface area (Å²) in [5, 5.41) is 5.49.